The van der Waals surface area contributed by atoms with E-state index in [-0.39, 0.29) is 22.6 Å². The van der Waals surface area contributed by atoms with Crippen LogP contribution in [0.15, 0.2) is 39.2 Å². The fraction of sp³-hybridized carbons (Fsp3) is 0.0625. The van der Waals surface area contributed by atoms with Crippen molar-refractivity contribution in [1.29, 1.82) is 0 Å². The minimum absolute atomic E-state index is 0.102. The fourth-order valence-corrected chi connectivity index (χ4v) is 2.77. The highest BCUT2D eigenvalue weighted by Crippen LogP contribution is 2.38. The number of hydrogen-bond donors (Lipinski definition) is 1. The molecular weight excluding hydrogens is 429 g/mol. The number of benzene rings is 2. The molecule has 3 rings (SSSR count). The first-order valence-corrected chi connectivity index (χ1v) is 7.63. The molecule has 0 fully saturated rings. The molecule has 0 aliphatic heterocycles. The molecule has 0 atom stereocenters. The van der Waals surface area contributed by atoms with Gasteiger partial charge in [0.1, 0.15) is 11.3 Å². The van der Waals surface area contributed by atoms with E-state index < -0.39 is 41.0 Å². The van der Waals surface area contributed by atoms with Crippen molar-refractivity contribution in [2.45, 2.75) is 6.36 Å². The third kappa shape index (κ3) is 3.36. The number of fused-ring (bicyclic) bond motifs is 1. The average Bonchev–Trinajstić information content (AvgIpc) is 2.87. The SMILES string of the molecule is NC(=O)c1c(-c2cc(OC(F)(F)F)cc(F)c2F)oc2cc(Br)ccc12. The molecule has 0 aliphatic carbocycles. The quantitative estimate of drug-likeness (QED) is 0.579. The molecule has 10 heteroatoms. The van der Waals surface area contributed by atoms with Gasteiger partial charge in [0.15, 0.2) is 17.4 Å². The Morgan fingerprint density at radius 1 is 1.15 bits per heavy atom. The van der Waals surface area contributed by atoms with Gasteiger partial charge in [0.2, 0.25) is 0 Å². The Hall–Kier alpha value is -2.62. The van der Waals surface area contributed by atoms with Gasteiger partial charge in [0.05, 0.1) is 11.1 Å². The summed E-state index contributed by atoms with van der Waals surface area (Å²) in [4.78, 5) is 11.8. The van der Waals surface area contributed by atoms with Crippen LogP contribution in [-0.2, 0) is 0 Å². The van der Waals surface area contributed by atoms with Crippen molar-refractivity contribution in [3.8, 4) is 17.1 Å². The van der Waals surface area contributed by atoms with E-state index in [1.807, 2.05) is 0 Å². The van der Waals surface area contributed by atoms with E-state index in [1.165, 1.54) is 12.1 Å². The number of nitrogens with two attached hydrogens (primary N) is 1. The Labute approximate surface area is 150 Å². The van der Waals surface area contributed by atoms with Crippen LogP contribution in [0, 0.1) is 11.6 Å². The zero-order valence-electron chi connectivity index (χ0n) is 12.5. The number of ether oxygens (including phenoxy) is 1. The maximum atomic E-state index is 14.2. The highest BCUT2D eigenvalue weighted by molar-refractivity contribution is 9.10. The first-order chi connectivity index (χ1) is 12.1. The first-order valence-electron chi connectivity index (χ1n) is 6.84. The summed E-state index contributed by atoms with van der Waals surface area (Å²) in [7, 11) is 0. The van der Waals surface area contributed by atoms with Crippen LogP contribution in [0.3, 0.4) is 0 Å². The van der Waals surface area contributed by atoms with Crippen LogP contribution in [-0.4, -0.2) is 12.3 Å². The van der Waals surface area contributed by atoms with E-state index >= 15 is 0 Å². The second kappa shape index (κ2) is 6.27. The van der Waals surface area contributed by atoms with Crippen LogP contribution >= 0.6 is 15.9 Å². The van der Waals surface area contributed by atoms with Crippen LogP contribution in [0.1, 0.15) is 10.4 Å². The van der Waals surface area contributed by atoms with Crippen molar-refractivity contribution in [3.05, 3.63) is 52.0 Å². The second-order valence-electron chi connectivity index (χ2n) is 5.13. The maximum absolute atomic E-state index is 14.2. The second-order valence-corrected chi connectivity index (χ2v) is 6.04. The highest BCUT2D eigenvalue weighted by Gasteiger charge is 2.33. The Morgan fingerprint density at radius 3 is 2.46 bits per heavy atom. The molecule has 0 spiro atoms. The molecule has 1 heterocycles. The number of hydrogen-bond acceptors (Lipinski definition) is 3. The van der Waals surface area contributed by atoms with Crippen molar-refractivity contribution in [2.24, 2.45) is 5.73 Å². The largest absolute Gasteiger partial charge is 0.573 e. The minimum Gasteiger partial charge on any atom is -0.455 e. The van der Waals surface area contributed by atoms with Crippen LogP contribution in [0.25, 0.3) is 22.3 Å². The number of primary amides is 1. The lowest BCUT2D eigenvalue weighted by Gasteiger charge is -2.11. The lowest BCUT2D eigenvalue weighted by Crippen LogP contribution is -2.17. The lowest BCUT2D eigenvalue weighted by molar-refractivity contribution is -0.274. The summed E-state index contributed by atoms with van der Waals surface area (Å²) in [6.07, 6.45) is -5.12. The molecule has 0 saturated heterocycles. The predicted molar refractivity (Wildman–Crippen MR) is 84.5 cm³/mol. The zero-order chi connectivity index (χ0) is 19.2. The molecule has 0 saturated carbocycles. The standard InChI is InChI=1S/C16H7BrF5NO3/c17-6-1-2-8-11(3-6)25-14(12(8)15(23)24)9-4-7(26-16(20,21)22)5-10(18)13(9)19/h1-5H,(H2,23,24). The molecule has 26 heavy (non-hydrogen) atoms. The van der Waals surface area contributed by atoms with Crippen LogP contribution in [0.4, 0.5) is 22.0 Å². The monoisotopic (exact) mass is 435 g/mol. The number of rotatable bonds is 3. The normalized spacial score (nSPS) is 11.8. The molecule has 1 aromatic heterocycles. The lowest BCUT2D eigenvalue weighted by atomic mass is 10.0. The molecule has 0 aliphatic rings. The number of amides is 1. The predicted octanol–water partition coefficient (Wildman–Crippen LogP) is 5.14. The summed E-state index contributed by atoms with van der Waals surface area (Å²) in [6.45, 7) is 0. The van der Waals surface area contributed by atoms with E-state index in [1.54, 1.807) is 6.07 Å². The van der Waals surface area contributed by atoms with Gasteiger partial charge in [-0.2, -0.15) is 0 Å². The molecule has 2 N–H and O–H groups in total. The summed E-state index contributed by atoms with van der Waals surface area (Å²) in [5, 5.41) is 0.192. The minimum atomic E-state index is -5.12. The average molecular weight is 436 g/mol. The third-order valence-electron chi connectivity index (χ3n) is 3.38. The van der Waals surface area contributed by atoms with Gasteiger partial charge in [-0.25, -0.2) is 8.78 Å². The number of carbonyl (C=O) groups excluding carboxylic acids is 1. The summed E-state index contributed by atoms with van der Waals surface area (Å²) in [5.74, 6) is -5.67. The van der Waals surface area contributed by atoms with E-state index in [0.717, 1.165) is 0 Å². The van der Waals surface area contributed by atoms with Gasteiger partial charge < -0.3 is 14.9 Å². The van der Waals surface area contributed by atoms with E-state index in [4.69, 9.17) is 10.2 Å². The molecule has 0 bridgehead atoms. The van der Waals surface area contributed by atoms with Crippen molar-refractivity contribution in [3.63, 3.8) is 0 Å². The summed E-state index contributed by atoms with van der Waals surface area (Å²) in [6, 6.07) is 5.24. The third-order valence-corrected chi connectivity index (χ3v) is 3.87. The van der Waals surface area contributed by atoms with Crippen molar-refractivity contribution < 1.29 is 35.9 Å². The number of halogens is 6. The number of furan rings is 1. The van der Waals surface area contributed by atoms with Crippen molar-refractivity contribution in [2.75, 3.05) is 0 Å². The van der Waals surface area contributed by atoms with Crippen LogP contribution in [0.5, 0.6) is 5.75 Å². The first kappa shape index (κ1) is 18.2. The van der Waals surface area contributed by atoms with Gasteiger partial charge in [0.25, 0.3) is 5.91 Å². The topological polar surface area (TPSA) is 65.5 Å². The highest BCUT2D eigenvalue weighted by atomic mass is 79.9. The van der Waals surface area contributed by atoms with Gasteiger partial charge in [0, 0.05) is 15.9 Å². The molecule has 1 amide bonds. The summed E-state index contributed by atoms with van der Waals surface area (Å²) >= 11 is 3.17. The van der Waals surface area contributed by atoms with Crippen LogP contribution < -0.4 is 10.5 Å². The van der Waals surface area contributed by atoms with Crippen molar-refractivity contribution >= 4 is 32.8 Å². The van der Waals surface area contributed by atoms with Gasteiger partial charge in [-0.05, 0) is 24.3 Å². The van der Waals surface area contributed by atoms with Crippen molar-refractivity contribution in [1.82, 2.24) is 0 Å². The Kier molecular flexibility index (Phi) is 4.39. The Balaban J connectivity index is 2.29. The number of carbonyl (C=O) groups is 1. The van der Waals surface area contributed by atoms with Gasteiger partial charge in [-0.15, -0.1) is 13.2 Å². The molecule has 0 radical (unpaired) electrons. The summed E-state index contributed by atoms with van der Waals surface area (Å²) in [5.41, 5.74) is 4.36. The van der Waals surface area contributed by atoms with Gasteiger partial charge in [-0.1, -0.05) is 15.9 Å². The molecule has 3 aromatic rings. The van der Waals surface area contributed by atoms with Gasteiger partial charge >= 0.3 is 6.36 Å². The Bertz CT molecular complexity index is 1030. The van der Waals surface area contributed by atoms with E-state index in [2.05, 4.69) is 20.7 Å². The maximum Gasteiger partial charge on any atom is 0.573 e. The molecule has 0 unspecified atom stereocenters. The molecule has 136 valence electrons. The smallest absolute Gasteiger partial charge is 0.455 e. The molecule has 2 aromatic carbocycles. The zero-order valence-corrected chi connectivity index (χ0v) is 14.0. The number of alkyl halides is 3. The Morgan fingerprint density at radius 2 is 1.85 bits per heavy atom. The van der Waals surface area contributed by atoms with Crippen LogP contribution in [0.2, 0.25) is 0 Å². The molecule has 4 nitrogen and oxygen atoms in total. The molecular formula is C16H7BrF5NO3. The van der Waals surface area contributed by atoms with Gasteiger partial charge in [-0.3, -0.25) is 4.79 Å². The van der Waals surface area contributed by atoms with E-state index in [0.29, 0.717) is 10.5 Å². The fourth-order valence-electron chi connectivity index (χ4n) is 2.43. The summed E-state index contributed by atoms with van der Waals surface area (Å²) < 4.78 is 74.7. The van der Waals surface area contributed by atoms with E-state index in [9.17, 15) is 26.7 Å².